The first-order valence-corrected chi connectivity index (χ1v) is 6.19. The number of halogens is 1. The van der Waals surface area contributed by atoms with E-state index in [0.29, 0.717) is 18.3 Å². The molecular formula is C11H18BrNO3. The molecule has 0 aromatic carbocycles. The number of alkyl carbamates (subject to hydrolysis) is 1. The summed E-state index contributed by atoms with van der Waals surface area (Å²) < 4.78 is 5.04. The van der Waals surface area contributed by atoms with Crippen LogP contribution in [0.15, 0.2) is 12.2 Å². The van der Waals surface area contributed by atoms with Crippen molar-refractivity contribution in [1.82, 2.24) is 5.32 Å². The predicted molar refractivity (Wildman–Crippen MR) is 66.8 cm³/mol. The van der Waals surface area contributed by atoms with Gasteiger partial charge in [-0.2, -0.15) is 0 Å². The quantitative estimate of drug-likeness (QED) is 0.481. The van der Waals surface area contributed by atoms with Gasteiger partial charge in [0.05, 0.1) is 5.33 Å². The summed E-state index contributed by atoms with van der Waals surface area (Å²) in [5.41, 5.74) is -0.480. The zero-order valence-corrected chi connectivity index (χ0v) is 11.5. The molecule has 0 atom stereocenters. The minimum Gasteiger partial charge on any atom is -0.444 e. The minimum atomic E-state index is -0.480. The van der Waals surface area contributed by atoms with E-state index in [9.17, 15) is 9.59 Å². The highest BCUT2D eigenvalue weighted by Gasteiger charge is 2.14. The molecule has 0 spiro atoms. The first-order chi connectivity index (χ1) is 7.35. The van der Waals surface area contributed by atoms with Gasteiger partial charge in [-0.1, -0.05) is 22.0 Å². The Morgan fingerprint density at radius 3 is 2.50 bits per heavy atom. The number of carbonyl (C=O) groups is 2. The molecule has 4 nitrogen and oxygen atoms in total. The van der Waals surface area contributed by atoms with Crippen LogP contribution in [0.5, 0.6) is 0 Å². The summed E-state index contributed by atoms with van der Waals surface area (Å²) in [4.78, 5) is 22.0. The molecule has 0 aliphatic heterocycles. The normalized spacial score (nSPS) is 11.5. The van der Waals surface area contributed by atoms with Gasteiger partial charge in [0.25, 0.3) is 0 Å². The molecule has 0 saturated heterocycles. The molecule has 5 heteroatoms. The van der Waals surface area contributed by atoms with E-state index in [1.165, 1.54) is 6.08 Å². The summed E-state index contributed by atoms with van der Waals surface area (Å²) in [6.45, 7) is 5.88. The number of ether oxygens (including phenoxy) is 1. The second kappa shape index (κ2) is 7.44. The SMILES string of the molecule is CC(C)(C)OC(=O)NCCC=CC(=O)CBr. The van der Waals surface area contributed by atoms with Crippen LogP contribution in [0.3, 0.4) is 0 Å². The third-order valence-electron chi connectivity index (χ3n) is 1.41. The van der Waals surface area contributed by atoms with Gasteiger partial charge >= 0.3 is 6.09 Å². The molecule has 0 aliphatic carbocycles. The van der Waals surface area contributed by atoms with Gasteiger partial charge in [-0.25, -0.2) is 4.79 Å². The second-order valence-corrected chi connectivity index (χ2v) is 4.78. The van der Waals surface area contributed by atoms with Gasteiger partial charge in [-0.05, 0) is 33.3 Å². The highest BCUT2D eigenvalue weighted by atomic mass is 79.9. The first-order valence-electron chi connectivity index (χ1n) is 5.07. The van der Waals surface area contributed by atoms with E-state index in [1.54, 1.807) is 26.8 Å². The number of alkyl halides is 1. The molecule has 0 bridgehead atoms. The summed E-state index contributed by atoms with van der Waals surface area (Å²) in [6, 6.07) is 0. The lowest BCUT2D eigenvalue weighted by Gasteiger charge is -2.19. The summed E-state index contributed by atoms with van der Waals surface area (Å²) >= 11 is 3.05. The molecule has 16 heavy (non-hydrogen) atoms. The molecule has 0 rings (SSSR count). The number of ketones is 1. The lowest BCUT2D eigenvalue weighted by Crippen LogP contribution is -2.32. The van der Waals surface area contributed by atoms with Crippen molar-refractivity contribution in [2.24, 2.45) is 0 Å². The van der Waals surface area contributed by atoms with Gasteiger partial charge in [0.2, 0.25) is 0 Å². The zero-order chi connectivity index (χ0) is 12.6. The first kappa shape index (κ1) is 15.2. The third kappa shape index (κ3) is 9.71. The van der Waals surface area contributed by atoms with Crippen molar-refractivity contribution in [3.8, 4) is 0 Å². The van der Waals surface area contributed by atoms with Crippen LogP contribution in [0.1, 0.15) is 27.2 Å². The van der Waals surface area contributed by atoms with Crippen LogP contribution in [0, 0.1) is 0 Å². The van der Waals surface area contributed by atoms with Crippen LogP contribution in [0.25, 0.3) is 0 Å². The summed E-state index contributed by atoms with van der Waals surface area (Å²) in [5.74, 6) is 0.0114. The van der Waals surface area contributed by atoms with Crippen molar-refractivity contribution in [2.75, 3.05) is 11.9 Å². The van der Waals surface area contributed by atoms with Crippen LogP contribution in [0.4, 0.5) is 4.79 Å². The number of hydrogen-bond donors (Lipinski definition) is 1. The number of carbonyl (C=O) groups excluding carboxylic acids is 2. The molecule has 0 radical (unpaired) electrons. The van der Waals surface area contributed by atoms with Gasteiger partial charge in [0, 0.05) is 6.54 Å². The maximum Gasteiger partial charge on any atom is 0.407 e. The van der Waals surface area contributed by atoms with E-state index in [-0.39, 0.29) is 5.78 Å². The van der Waals surface area contributed by atoms with E-state index in [0.717, 1.165) is 0 Å². The Morgan fingerprint density at radius 2 is 2.00 bits per heavy atom. The molecule has 0 aliphatic rings. The highest BCUT2D eigenvalue weighted by Crippen LogP contribution is 2.06. The van der Waals surface area contributed by atoms with Crippen LogP contribution in [-0.4, -0.2) is 29.4 Å². The van der Waals surface area contributed by atoms with Crippen molar-refractivity contribution in [2.45, 2.75) is 32.8 Å². The van der Waals surface area contributed by atoms with Crippen molar-refractivity contribution < 1.29 is 14.3 Å². The number of rotatable bonds is 5. The van der Waals surface area contributed by atoms with Crippen molar-refractivity contribution >= 4 is 27.8 Å². The molecular weight excluding hydrogens is 274 g/mol. The standard InChI is InChI=1S/C11H18BrNO3/c1-11(2,3)16-10(15)13-7-5-4-6-9(14)8-12/h4,6H,5,7-8H2,1-3H3,(H,13,15). The summed E-state index contributed by atoms with van der Waals surface area (Å²) in [5, 5.41) is 2.92. The van der Waals surface area contributed by atoms with E-state index >= 15 is 0 Å². The van der Waals surface area contributed by atoms with Gasteiger partial charge in [-0.3, -0.25) is 4.79 Å². The Hall–Kier alpha value is -0.840. The maximum absolute atomic E-state index is 11.2. The smallest absolute Gasteiger partial charge is 0.407 e. The van der Waals surface area contributed by atoms with Crippen LogP contribution in [-0.2, 0) is 9.53 Å². The Labute approximate surface area is 105 Å². The molecule has 92 valence electrons. The van der Waals surface area contributed by atoms with E-state index < -0.39 is 11.7 Å². The summed E-state index contributed by atoms with van der Waals surface area (Å²) in [7, 11) is 0. The average Bonchev–Trinajstić information content (AvgIpc) is 2.14. The van der Waals surface area contributed by atoms with Crippen LogP contribution < -0.4 is 5.32 Å². The largest absolute Gasteiger partial charge is 0.444 e. The van der Waals surface area contributed by atoms with Gasteiger partial charge in [0.1, 0.15) is 5.60 Å². The second-order valence-electron chi connectivity index (χ2n) is 4.22. The molecule has 0 unspecified atom stereocenters. The Kier molecular flexibility index (Phi) is 7.05. The van der Waals surface area contributed by atoms with Gasteiger partial charge in [0.15, 0.2) is 5.78 Å². The fraction of sp³-hybridized carbons (Fsp3) is 0.636. The third-order valence-corrected chi connectivity index (χ3v) is 1.97. The lowest BCUT2D eigenvalue weighted by atomic mass is 10.2. The van der Waals surface area contributed by atoms with Crippen LogP contribution in [0.2, 0.25) is 0 Å². The number of amides is 1. The van der Waals surface area contributed by atoms with Crippen molar-refractivity contribution in [3.05, 3.63) is 12.2 Å². The van der Waals surface area contributed by atoms with E-state index in [4.69, 9.17) is 4.74 Å². The fourth-order valence-electron chi connectivity index (χ4n) is 0.831. The minimum absolute atomic E-state index is 0.0114. The van der Waals surface area contributed by atoms with E-state index in [2.05, 4.69) is 21.2 Å². The number of hydrogen-bond acceptors (Lipinski definition) is 3. The van der Waals surface area contributed by atoms with E-state index in [1.807, 2.05) is 0 Å². The average molecular weight is 292 g/mol. The maximum atomic E-state index is 11.2. The molecule has 0 heterocycles. The van der Waals surface area contributed by atoms with Crippen molar-refractivity contribution in [1.29, 1.82) is 0 Å². The monoisotopic (exact) mass is 291 g/mol. The summed E-state index contributed by atoms with van der Waals surface area (Å²) in [6.07, 6.45) is 3.39. The topological polar surface area (TPSA) is 55.4 Å². The van der Waals surface area contributed by atoms with Crippen LogP contribution >= 0.6 is 15.9 Å². The Morgan fingerprint density at radius 1 is 1.38 bits per heavy atom. The Bertz CT molecular complexity index is 269. The number of nitrogens with one attached hydrogen (secondary N) is 1. The van der Waals surface area contributed by atoms with Crippen molar-refractivity contribution in [3.63, 3.8) is 0 Å². The lowest BCUT2D eigenvalue weighted by molar-refractivity contribution is -0.112. The molecule has 0 aromatic heterocycles. The molecule has 1 N–H and O–H groups in total. The van der Waals surface area contributed by atoms with Gasteiger partial charge in [-0.15, -0.1) is 0 Å². The Balaban J connectivity index is 3.64. The van der Waals surface area contributed by atoms with Gasteiger partial charge < -0.3 is 10.1 Å². The molecule has 1 amide bonds. The molecule has 0 saturated carbocycles. The molecule has 0 aromatic rings. The number of allylic oxidation sites excluding steroid dienone is 1. The zero-order valence-electron chi connectivity index (χ0n) is 9.88. The predicted octanol–water partition coefficient (Wildman–Crippen LogP) is 2.42. The highest BCUT2D eigenvalue weighted by molar-refractivity contribution is 9.09. The fourth-order valence-corrected chi connectivity index (χ4v) is 1.02. The molecule has 0 fully saturated rings.